The van der Waals surface area contributed by atoms with Crippen LogP contribution in [-0.4, -0.2) is 36.1 Å². The highest BCUT2D eigenvalue weighted by molar-refractivity contribution is 5.99. The number of ether oxygens (including phenoxy) is 2. The fourth-order valence-corrected chi connectivity index (χ4v) is 2.19. The van der Waals surface area contributed by atoms with E-state index in [-0.39, 0.29) is 5.70 Å². The Morgan fingerprint density at radius 1 is 1.15 bits per heavy atom. The third kappa shape index (κ3) is 3.69. The van der Waals surface area contributed by atoms with Crippen molar-refractivity contribution in [2.75, 3.05) is 19.5 Å². The minimum Gasteiger partial charge on any atom is -0.466 e. The summed E-state index contributed by atoms with van der Waals surface area (Å²) in [5.41, 5.74) is 2.20. The van der Waals surface area contributed by atoms with E-state index >= 15 is 0 Å². The predicted octanol–water partition coefficient (Wildman–Crippen LogP) is 2.53. The van der Waals surface area contributed by atoms with Crippen LogP contribution < -0.4 is 5.32 Å². The maximum atomic E-state index is 11.8. The van der Waals surface area contributed by atoms with Crippen molar-refractivity contribution in [1.82, 2.24) is 9.97 Å². The lowest BCUT2D eigenvalue weighted by atomic mass is 10.2. The second kappa shape index (κ2) is 7.47. The van der Waals surface area contributed by atoms with Crippen molar-refractivity contribution in [2.45, 2.75) is 0 Å². The van der Waals surface area contributed by atoms with Gasteiger partial charge in [0.05, 0.1) is 20.3 Å². The number of pyridine rings is 1. The highest BCUT2D eigenvalue weighted by atomic mass is 16.5. The summed E-state index contributed by atoms with van der Waals surface area (Å²) < 4.78 is 14.9. The van der Waals surface area contributed by atoms with Crippen LogP contribution in [0.2, 0.25) is 0 Å². The maximum absolute atomic E-state index is 11.8. The number of rotatable bonds is 5. The number of anilines is 1. The topological polar surface area (TPSA) is 104 Å². The van der Waals surface area contributed by atoms with E-state index in [1.807, 2.05) is 6.07 Å². The Bertz CT molecular complexity index is 979. The number of hydrogen-bond donors (Lipinski definition) is 1. The molecule has 0 amide bonds. The second-order valence-electron chi connectivity index (χ2n) is 5.11. The molecule has 0 aliphatic heterocycles. The van der Waals surface area contributed by atoms with E-state index < -0.39 is 11.9 Å². The van der Waals surface area contributed by atoms with Gasteiger partial charge in [-0.05, 0) is 30.3 Å². The number of nitrogens with one attached hydrogen (secondary N) is 1. The van der Waals surface area contributed by atoms with Crippen LogP contribution in [0, 0.1) is 0 Å². The molecule has 0 saturated heterocycles. The first-order valence-corrected chi connectivity index (χ1v) is 7.57. The summed E-state index contributed by atoms with van der Waals surface area (Å²) in [5.74, 6) is -1.00. The number of aromatic nitrogens is 2. The fourth-order valence-electron chi connectivity index (χ4n) is 2.19. The van der Waals surface area contributed by atoms with Crippen LogP contribution in [0.15, 0.2) is 58.8 Å². The molecule has 0 bridgehead atoms. The maximum Gasteiger partial charge on any atom is 0.354 e. The summed E-state index contributed by atoms with van der Waals surface area (Å²) in [4.78, 5) is 31.8. The molecule has 1 N–H and O–H groups in total. The van der Waals surface area contributed by atoms with Crippen LogP contribution in [-0.2, 0) is 19.1 Å². The molecular weight excluding hydrogens is 338 g/mol. The van der Waals surface area contributed by atoms with Gasteiger partial charge in [0, 0.05) is 11.9 Å². The molecule has 0 saturated carbocycles. The molecule has 0 unspecified atom stereocenters. The van der Waals surface area contributed by atoms with E-state index in [0.29, 0.717) is 28.4 Å². The third-order valence-electron chi connectivity index (χ3n) is 3.42. The highest BCUT2D eigenvalue weighted by Crippen LogP contribution is 2.25. The number of hydrogen-bond acceptors (Lipinski definition) is 8. The molecule has 0 aliphatic carbocycles. The van der Waals surface area contributed by atoms with E-state index in [1.165, 1.54) is 14.2 Å². The first-order valence-electron chi connectivity index (χ1n) is 7.57. The molecule has 0 radical (unpaired) electrons. The normalized spacial score (nSPS) is 11.2. The van der Waals surface area contributed by atoms with E-state index in [2.05, 4.69) is 24.8 Å². The standard InChI is InChI=1S/C18H15N3O5/c1-24-16(22)10-14(18(23)25-2)20-11-6-7-15-13(9-11)21-17(26-15)12-5-3-4-8-19-12/h3-10,20H,1-2H3/b14-10+. The van der Waals surface area contributed by atoms with Gasteiger partial charge in [0.15, 0.2) is 5.58 Å². The molecule has 2 heterocycles. The average Bonchev–Trinajstić information content (AvgIpc) is 3.10. The Balaban J connectivity index is 1.92. The van der Waals surface area contributed by atoms with E-state index in [9.17, 15) is 9.59 Å². The number of esters is 2. The fraction of sp³-hybridized carbons (Fsp3) is 0.111. The van der Waals surface area contributed by atoms with Crippen LogP contribution in [0.3, 0.4) is 0 Å². The van der Waals surface area contributed by atoms with Gasteiger partial charge in [-0.25, -0.2) is 14.6 Å². The minimum absolute atomic E-state index is 0.0628. The van der Waals surface area contributed by atoms with Crippen molar-refractivity contribution in [1.29, 1.82) is 0 Å². The van der Waals surface area contributed by atoms with Crippen LogP contribution >= 0.6 is 0 Å². The average molecular weight is 353 g/mol. The molecule has 1 aromatic carbocycles. The lowest BCUT2D eigenvalue weighted by molar-refractivity contribution is -0.138. The summed E-state index contributed by atoms with van der Waals surface area (Å²) in [7, 11) is 2.43. The second-order valence-corrected chi connectivity index (χ2v) is 5.11. The quantitative estimate of drug-likeness (QED) is 0.551. The highest BCUT2D eigenvalue weighted by Gasteiger charge is 2.14. The number of nitrogens with zero attached hydrogens (tertiary/aromatic N) is 2. The van der Waals surface area contributed by atoms with Crippen LogP contribution in [0.1, 0.15) is 0 Å². The number of fused-ring (bicyclic) bond motifs is 1. The molecular formula is C18H15N3O5. The van der Waals surface area contributed by atoms with Crippen LogP contribution in [0.5, 0.6) is 0 Å². The zero-order chi connectivity index (χ0) is 18.5. The molecule has 132 valence electrons. The third-order valence-corrected chi connectivity index (χ3v) is 3.42. The van der Waals surface area contributed by atoms with E-state index in [0.717, 1.165) is 6.08 Å². The van der Waals surface area contributed by atoms with E-state index in [4.69, 9.17) is 4.42 Å². The minimum atomic E-state index is -0.704. The molecule has 3 aromatic rings. The smallest absolute Gasteiger partial charge is 0.354 e. The van der Waals surface area contributed by atoms with Gasteiger partial charge in [-0.1, -0.05) is 6.07 Å². The van der Waals surface area contributed by atoms with Gasteiger partial charge in [-0.3, -0.25) is 4.98 Å². The monoisotopic (exact) mass is 353 g/mol. The molecule has 0 atom stereocenters. The van der Waals surface area contributed by atoms with Crippen molar-refractivity contribution in [2.24, 2.45) is 0 Å². The van der Waals surface area contributed by atoms with Gasteiger partial charge < -0.3 is 19.2 Å². The molecule has 0 spiro atoms. The van der Waals surface area contributed by atoms with Crippen LogP contribution in [0.25, 0.3) is 22.7 Å². The molecule has 8 heteroatoms. The van der Waals surface area contributed by atoms with Crippen molar-refractivity contribution >= 4 is 28.7 Å². The number of benzene rings is 1. The SMILES string of the molecule is COC(=O)/C=C(/Nc1ccc2oc(-c3ccccn3)nc2c1)C(=O)OC. The van der Waals surface area contributed by atoms with Crippen molar-refractivity contribution in [3.05, 3.63) is 54.4 Å². The molecule has 8 nitrogen and oxygen atoms in total. The molecule has 26 heavy (non-hydrogen) atoms. The van der Waals surface area contributed by atoms with Crippen molar-refractivity contribution in [3.8, 4) is 11.6 Å². The lowest BCUT2D eigenvalue weighted by Gasteiger charge is -2.08. The molecule has 0 fully saturated rings. The van der Waals surface area contributed by atoms with Crippen LogP contribution in [0.4, 0.5) is 5.69 Å². The number of carbonyl (C=O) groups excluding carboxylic acids is 2. The Labute approximate surface area is 148 Å². The summed E-state index contributed by atoms with van der Waals surface area (Å²) >= 11 is 0. The molecule has 2 aromatic heterocycles. The van der Waals surface area contributed by atoms with Crippen molar-refractivity contribution < 1.29 is 23.5 Å². The lowest BCUT2D eigenvalue weighted by Crippen LogP contribution is -2.15. The first-order chi connectivity index (χ1) is 12.6. The Morgan fingerprint density at radius 2 is 2.00 bits per heavy atom. The van der Waals surface area contributed by atoms with Gasteiger partial charge in [-0.15, -0.1) is 0 Å². The summed E-state index contributed by atoms with van der Waals surface area (Å²) in [5, 5.41) is 2.82. The predicted molar refractivity (Wildman–Crippen MR) is 93.0 cm³/mol. The van der Waals surface area contributed by atoms with Gasteiger partial charge in [0.25, 0.3) is 0 Å². The Hall–Kier alpha value is -3.68. The molecule has 0 aliphatic rings. The number of methoxy groups -OCH3 is 2. The van der Waals surface area contributed by atoms with Gasteiger partial charge in [0.1, 0.15) is 16.9 Å². The summed E-state index contributed by atoms with van der Waals surface area (Å²) in [6, 6.07) is 10.5. The summed E-state index contributed by atoms with van der Waals surface area (Å²) in [6.07, 6.45) is 2.66. The largest absolute Gasteiger partial charge is 0.466 e. The zero-order valence-corrected chi connectivity index (χ0v) is 14.1. The number of carbonyl (C=O) groups is 2. The van der Waals surface area contributed by atoms with Crippen molar-refractivity contribution in [3.63, 3.8) is 0 Å². The molecule has 3 rings (SSSR count). The number of oxazole rings is 1. The summed E-state index contributed by atoms with van der Waals surface area (Å²) in [6.45, 7) is 0. The van der Waals surface area contributed by atoms with Gasteiger partial charge >= 0.3 is 11.9 Å². The Morgan fingerprint density at radius 3 is 2.69 bits per heavy atom. The zero-order valence-electron chi connectivity index (χ0n) is 14.1. The Kier molecular flexibility index (Phi) is 4.93. The van der Waals surface area contributed by atoms with Gasteiger partial charge in [-0.2, -0.15) is 0 Å². The van der Waals surface area contributed by atoms with E-state index in [1.54, 1.807) is 36.5 Å². The van der Waals surface area contributed by atoms with Gasteiger partial charge in [0.2, 0.25) is 5.89 Å². The first kappa shape index (κ1) is 17.2.